The van der Waals surface area contributed by atoms with Crippen LogP contribution in [0.25, 0.3) is 0 Å². The number of hydrogen-bond acceptors (Lipinski definition) is 5. The minimum Gasteiger partial charge on any atom is -0.462 e. The Labute approximate surface area is 119 Å². The number of rotatable bonds is 3. The molecule has 0 aromatic carbocycles. The number of aromatic nitrogens is 1. The van der Waals surface area contributed by atoms with Gasteiger partial charge in [-0.05, 0) is 38.4 Å². The van der Waals surface area contributed by atoms with Crippen molar-refractivity contribution < 1.29 is 9.53 Å². The first-order chi connectivity index (χ1) is 9.72. The van der Waals surface area contributed by atoms with E-state index in [4.69, 9.17) is 4.74 Å². The van der Waals surface area contributed by atoms with Gasteiger partial charge in [0.25, 0.3) is 0 Å². The van der Waals surface area contributed by atoms with Crippen LogP contribution in [0.15, 0.2) is 18.3 Å². The van der Waals surface area contributed by atoms with Crippen molar-refractivity contribution in [2.75, 3.05) is 37.7 Å². The first-order valence-electron chi connectivity index (χ1n) is 7.31. The summed E-state index contributed by atoms with van der Waals surface area (Å²) < 4.78 is 4.97. The zero-order valence-corrected chi connectivity index (χ0v) is 11.9. The van der Waals surface area contributed by atoms with Crippen molar-refractivity contribution in [2.45, 2.75) is 19.8 Å². The van der Waals surface area contributed by atoms with Crippen molar-refractivity contribution in [2.24, 2.45) is 5.41 Å². The third-order valence-electron chi connectivity index (χ3n) is 4.35. The summed E-state index contributed by atoms with van der Waals surface area (Å²) in [5.41, 5.74) is 0.952. The minimum absolute atomic E-state index is 0.301. The fourth-order valence-corrected chi connectivity index (χ4v) is 3.18. The van der Waals surface area contributed by atoms with E-state index in [1.807, 2.05) is 6.07 Å². The second kappa shape index (κ2) is 5.40. The molecule has 1 atom stereocenters. The molecule has 0 amide bonds. The summed E-state index contributed by atoms with van der Waals surface area (Å²) in [5, 5.41) is 3.46. The van der Waals surface area contributed by atoms with E-state index in [2.05, 4.69) is 15.2 Å². The molecule has 20 heavy (non-hydrogen) atoms. The number of esters is 1. The van der Waals surface area contributed by atoms with Gasteiger partial charge in [0.05, 0.1) is 12.2 Å². The number of hydrogen-bond donors (Lipinski definition) is 1. The third kappa shape index (κ3) is 2.50. The number of carbonyl (C=O) groups excluding carboxylic acids is 1. The van der Waals surface area contributed by atoms with Crippen LogP contribution in [-0.2, 0) is 4.74 Å². The molecular formula is C15H21N3O2. The molecule has 2 saturated heterocycles. The zero-order chi connectivity index (χ0) is 14.0. The molecule has 5 heteroatoms. The lowest BCUT2D eigenvalue weighted by atomic mass is 9.87. The minimum atomic E-state index is -0.301. The van der Waals surface area contributed by atoms with Crippen LogP contribution in [0.4, 0.5) is 5.82 Å². The molecule has 1 unspecified atom stereocenters. The van der Waals surface area contributed by atoms with Gasteiger partial charge in [-0.1, -0.05) is 0 Å². The van der Waals surface area contributed by atoms with Crippen LogP contribution in [0.2, 0.25) is 0 Å². The van der Waals surface area contributed by atoms with E-state index >= 15 is 0 Å². The molecule has 2 aliphatic rings. The van der Waals surface area contributed by atoms with Gasteiger partial charge < -0.3 is 15.0 Å². The molecule has 1 aromatic heterocycles. The summed E-state index contributed by atoms with van der Waals surface area (Å²) in [5.74, 6) is 0.659. The maximum absolute atomic E-state index is 11.6. The summed E-state index contributed by atoms with van der Waals surface area (Å²) in [6.07, 6.45) is 4.09. The summed E-state index contributed by atoms with van der Waals surface area (Å²) in [7, 11) is 0. The van der Waals surface area contributed by atoms with E-state index in [0.29, 0.717) is 17.6 Å². The number of nitrogens with zero attached hydrogens (tertiary/aromatic N) is 2. The Bertz CT molecular complexity index is 480. The molecule has 108 valence electrons. The molecule has 1 spiro atoms. The largest absolute Gasteiger partial charge is 0.462 e. The van der Waals surface area contributed by atoms with Crippen LogP contribution < -0.4 is 10.2 Å². The molecule has 1 N–H and O–H groups in total. The van der Waals surface area contributed by atoms with E-state index in [1.165, 1.54) is 12.8 Å². The Kier molecular flexibility index (Phi) is 3.61. The van der Waals surface area contributed by atoms with Crippen molar-refractivity contribution in [1.82, 2.24) is 10.3 Å². The average Bonchev–Trinajstić information content (AvgIpc) is 3.10. The average molecular weight is 275 g/mol. The quantitative estimate of drug-likeness (QED) is 0.846. The Morgan fingerprint density at radius 1 is 1.50 bits per heavy atom. The number of carbonyl (C=O) groups is 1. The van der Waals surface area contributed by atoms with Gasteiger partial charge in [-0.25, -0.2) is 9.78 Å². The van der Waals surface area contributed by atoms with E-state index < -0.39 is 0 Å². The SMILES string of the molecule is CCOC(=O)c1ccc(N2CCC3(CCNC3)C2)nc1. The Morgan fingerprint density at radius 3 is 3.05 bits per heavy atom. The predicted molar refractivity (Wildman–Crippen MR) is 76.9 cm³/mol. The smallest absolute Gasteiger partial charge is 0.339 e. The summed E-state index contributed by atoms with van der Waals surface area (Å²) in [6, 6.07) is 3.73. The number of ether oxygens (including phenoxy) is 1. The first kappa shape index (κ1) is 13.4. The summed E-state index contributed by atoms with van der Waals surface area (Å²) in [4.78, 5) is 18.3. The van der Waals surface area contributed by atoms with Gasteiger partial charge in [-0.15, -0.1) is 0 Å². The van der Waals surface area contributed by atoms with E-state index in [1.54, 1.807) is 19.2 Å². The zero-order valence-electron chi connectivity index (χ0n) is 11.9. The summed E-state index contributed by atoms with van der Waals surface area (Å²) >= 11 is 0. The molecule has 1 aromatic rings. The number of anilines is 1. The fraction of sp³-hybridized carbons (Fsp3) is 0.600. The molecule has 3 heterocycles. The van der Waals surface area contributed by atoms with E-state index in [9.17, 15) is 4.79 Å². The molecule has 0 aliphatic carbocycles. The van der Waals surface area contributed by atoms with Crippen LogP contribution in [0, 0.1) is 5.41 Å². The maximum Gasteiger partial charge on any atom is 0.339 e. The highest BCUT2D eigenvalue weighted by atomic mass is 16.5. The first-order valence-corrected chi connectivity index (χ1v) is 7.31. The number of nitrogens with one attached hydrogen (secondary N) is 1. The lowest BCUT2D eigenvalue weighted by Crippen LogP contribution is -2.29. The third-order valence-corrected chi connectivity index (χ3v) is 4.35. The fourth-order valence-electron chi connectivity index (χ4n) is 3.18. The van der Waals surface area contributed by atoms with Gasteiger partial charge in [0.2, 0.25) is 0 Å². The van der Waals surface area contributed by atoms with Crippen LogP contribution in [-0.4, -0.2) is 43.7 Å². The summed E-state index contributed by atoms with van der Waals surface area (Å²) in [6.45, 7) is 6.55. The van der Waals surface area contributed by atoms with Crippen molar-refractivity contribution in [3.05, 3.63) is 23.9 Å². The van der Waals surface area contributed by atoms with Crippen LogP contribution >= 0.6 is 0 Å². The van der Waals surface area contributed by atoms with E-state index in [-0.39, 0.29) is 5.97 Å². The molecule has 0 radical (unpaired) electrons. The molecule has 3 rings (SSSR count). The standard InChI is InChI=1S/C15H21N3O2/c1-2-20-14(19)12-3-4-13(17-9-12)18-8-6-15(11-18)5-7-16-10-15/h3-4,9,16H,2,5-8,10-11H2,1H3. The van der Waals surface area contributed by atoms with Crippen LogP contribution in [0.3, 0.4) is 0 Å². The van der Waals surface area contributed by atoms with Gasteiger partial charge >= 0.3 is 5.97 Å². The molecule has 2 fully saturated rings. The molecule has 2 aliphatic heterocycles. The van der Waals surface area contributed by atoms with Gasteiger partial charge in [-0.3, -0.25) is 0 Å². The Morgan fingerprint density at radius 2 is 2.40 bits per heavy atom. The molecule has 0 bridgehead atoms. The molecular weight excluding hydrogens is 254 g/mol. The lowest BCUT2D eigenvalue weighted by molar-refractivity contribution is 0.0526. The highest BCUT2D eigenvalue weighted by Gasteiger charge is 2.40. The van der Waals surface area contributed by atoms with Crippen molar-refractivity contribution in [1.29, 1.82) is 0 Å². The van der Waals surface area contributed by atoms with Gasteiger partial charge in [0.1, 0.15) is 5.82 Å². The van der Waals surface area contributed by atoms with Gasteiger partial charge in [0.15, 0.2) is 0 Å². The second-order valence-corrected chi connectivity index (χ2v) is 5.72. The molecule has 5 nitrogen and oxygen atoms in total. The Hall–Kier alpha value is -1.62. The topological polar surface area (TPSA) is 54.5 Å². The second-order valence-electron chi connectivity index (χ2n) is 5.72. The van der Waals surface area contributed by atoms with Crippen molar-refractivity contribution in [3.8, 4) is 0 Å². The molecule has 0 saturated carbocycles. The predicted octanol–water partition coefficient (Wildman–Crippen LogP) is 1.45. The number of pyridine rings is 1. The van der Waals surface area contributed by atoms with Crippen molar-refractivity contribution >= 4 is 11.8 Å². The monoisotopic (exact) mass is 275 g/mol. The van der Waals surface area contributed by atoms with Crippen LogP contribution in [0.1, 0.15) is 30.1 Å². The van der Waals surface area contributed by atoms with E-state index in [0.717, 1.165) is 32.0 Å². The lowest BCUT2D eigenvalue weighted by Gasteiger charge is -2.23. The highest BCUT2D eigenvalue weighted by Crippen LogP contribution is 2.37. The van der Waals surface area contributed by atoms with Gasteiger partial charge in [-0.2, -0.15) is 0 Å². The normalized spacial score (nSPS) is 25.4. The van der Waals surface area contributed by atoms with Crippen molar-refractivity contribution in [3.63, 3.8) is 0 Å². The highest BCUT2D eigenvalue weighted by molar-refractivity contribution is 5.89. The maximum atomic E-state index is 11.6. The van der Waals surface area contributed by atoms with Gasteiger partial charge in [0, 0.05) is 31.2 Å². The Balaban J connectivity index is 1.68. The van der Waals surface area contributed by atoms with Crippen LogP contribution in [0.5, 0.6) is 0 Å².